The highest BCUT2D eigenvalue weighted by Crippen LogP contribution is 2.37. The van der Waals surface area contributed by atoms with Gasteiger partial charge < -0.3 is 10.8 Å². The summed E-state index contributed by atoms with van der Waals surface area (Å²) in [6, 6.07) is 4.35. The van der Waals surface area contributed by atoms with E-state index in [-0.39, 0.29) is 28.5 Å². The molecule has 0 bridgehead atoms. The summed E-state index contributed by atoms with van der Waals surface area (Å²) in [6.07, 6.45) is 3.69. The van der Waals surface area contributed by atoms with Gasteiger partial charge in [-0.25, -0.2) is 13.1 Å². The molecule has 20 heavy (non-hydrogen) atoms. The molecule has 4 N–H and O–H groups in total. The number of hydrogen-bond donors (Lipinski definition) is 3. The first-order valence-electron chi connectivity index (χ1n) is 6.54. The van der Waals surface area contributed by atoms with Crippen LogP contribution in [0.1, 0.15) is 25.7 Å². The maximum Gasteiger partial charge on any atom is 0.242 e. The van der Waals surface area contributed by atoms with E-state index in [1.807, 2.05) is 0 Å². The van der Waals surface area contributed by atoms with Crippen molar-refractivity contribution >= 4 is 27.3 Å². The molecule has 0 unspecified atom stereocenters. The summed E-state index contributed by atoms with van der Waals surface area (Å²) in [4.78, 5) is -0.0229. The average molecular weight is 319 g/mol. The number of halogens is 1. The highest BCUT2D eigenvalue weighted by atomic mass is 35.5. The third kappa shape index (κ3) is 3.25. The SMILES string of the molecule is Nc1ccc(Cl)c(S(=O)(=O)NCC2(CO)CCCC2)c1. The molecule has 0 radical (unpaired) electrons. The Hall–Kier alpha value is -0.820. The van der Waals surface area contributed by atoms with E-state index >= 15 is 0 Å². The number of rotatable bonds is 5. The lowest BCUT2D eigenvalue weighted by Crippen LogP contribution is -2.38. The summed E-state index contributed by atoms with van der Waals surface area (Å²) in [7, 11) is -3.72. The fourth-order valence-electron chi connectivity index (χ4n) is 2.57. The second-order valence-electron chi connectivity index (χ2n) is 5.38. The molecule has 0 amide bonds. The number of nitrogens with two attached hydrogens (primary N) is 1. The first-order chi connectivity index (χ1) is 9.38. The third-order valence-electron chi connectivity index (χ3n) is 3.88. The zero-order valence-corrected chi connectivity index (χ0v) is 12.7. The number of nitrogens with one attached hydrogen (secondary N) is 1. The van der Waals surface area contributed by atoms with Crippen molar-refractivity contribution in [3.8, 4) is 0 Å². The molecule has 2 rings (SSSR count). The molecule has 1 saturated carbocycles. The van der Waals surface area contributed by atoms with Crippen LogP contribution in [0.3, 0.4) is 0 Å². The molecule has 112 valence electrons. The summed E-state index contributed by atoms with van der Waals surface area (Å²) in [5.74, 6) is 0. The zero-order chi connectivity index (χ0) is 14.8. The Kier molecular flexibility index (Phi) is 4.59. The zero-order valence-electron chi connectivity index (χ0n) is 11.1. The summed E-state index contributed by atoms with van der Waals surface area (Å²) < 4.78 is 27.1. The lowest BCUT2D eigenvalue weighted by Gasteiger charge is -2.26. The van der Waals surface area contributed by atoms with Gasteiger partial charge in [-0.05, 0) is 31.0 Å². The van der Waals surface area contributed by atoms with Gasteiger partial charge in [0.2, 0.25) is 10.0 Å². The van der Waals surface area contributed by atoms with E-state index < -0.39 is 10.0 Å². The summed E-state index contributed by atoms with van der Waals surface area (Å²) in [5.41, 5.74) is 5.60. The topological polar surface area (TPSA) is 92.4 Å². The van der Waals surface area contributed by atoms with Gasteiger partial charge in [0.05, 0.1) is 5.02 Å². The van der Waals surface area contributed by atoms with Crippen molar-refractivity contribution in [3.63, 3.8) is 0 Å². The van der Waals surface area contributed by atoms with E-state index in [0.717, 1.165) is 25.7 Å². The van der Waals surface area contributed by atoms with Gasteiger partial charge in [0.25, 0.3) is 0 Å². The molecule has 0 atom stereocenters. The monoisotopic (exact) mass is 318 g/mol. The molecule has 0 aliphatic heterocycles. The van der Waals surface area contributed by atoms with Gasteiger partial charge in [0.1, 0.15) is 4.90 Å². The van der Waals surface area contributed by atoms with E-state index in [1.54, 1.807) is 6.07 Å². The Morgan fingerprint density at radius 2 is 2.00 bits per heavy atom. The molecule has 1 aliphatic carbocycles. The van der Waals surface area contributed by atoms with Crippen molar-refractivity contribution in [1.82, 2.24) is 4.72 Å². The largest absolute Gasteiger partial charge is 0.399 e. The second-order valence-corrected chi connectivity index (χ2v) is 7.52. The normalized spacial score (nSPS) is 18.3. The van der Waals surface area contributed by atoms with Crippen LogP contribution in [0.4, 0.5) is 5.69 Å². The molecule has 5 nitrogen and oxygen atoms in total. The van der Waals surface area contributed by atoms with E-state index in [9.17, 15) is 13.5 Å². The fourth-order valence-corrected chi connectivity index (χ4v) is 4.26. The number of nitrogen functional groups attached to an aromatic ring is 1. The molecule has 0 spiro atoms. The van der Waals surface area contributed by atoms with Crippen molar-refractivity contribution in [2.24, 2.45) is 5.41 Å². The second kappa shape index (κ2) is 5.89. The van der Waals surface area contributed by atoms with Crippen LogP contribution in [0.25, 0.3) is 0 Å². The van der Waals surface area contributed by atoms with Crippen LogP contribution < -0.4 is 10.5 Å². The molecule has 0 saturated heterocycles. The molecular weight excluding hydrogens is 300 g/mol. The van der Waals surface area contributed by atoms with Crippen LogP contribution in [0.15, 0.2) is 23.1 Å². The minimum Gasteiger partial charge on any atom is -0.399 e. The van der Waals surface area contributed by atoms with Gasteiger partial charge in [-0.3, -0.25) is 0 Å². The van der Waals surface area contributed by atoms with Crippen LogP contribution in [0, 0.1) is 5.41 Å². The number of sulfonamides is 1. The first kappa shape index (κ1) is 15.6. The predicted molar refractivity (Wildman–Crippen MR) is 79.0 cm³/mol. The first-order valence-corrected chi connectivity index (χ1v) is 8.40. The Bertz CT molecular complexity index is 583. The molecule has 1 aromatic rings. The number of anilines is 1. The van der Waals surface area contributed by atoms with E-state index in [0.29, 0.717) is 5.69 Å². The lowest BCUT2D eigenvalue weighted by molar-refractivity contribution is 0.134. The molecular formula is C13H19ClN2O3S. The summed E-state index contributed by atoms with van der Waals surface area (Å²) >= 11 is 5.92. The number of aliphatic hydroxyl groups is 1. The molecule has 1 fully saturated rings. The minimum absolute atomic E-state index is 0.0137. The van der Waals surface area contributed by atoms with Gasteiger partial charge in [-0.1, -0.05) is 24.4 Å². The van der Waals surface area contributed by atoms with Gasteiger partial charge in [0.15, 0.2) is 0 Å². The van der Waals surface area contributed by atoms with Gasteiger partial charge in [0, 0.05) is 24.3 Å². The highest BCUT2D eigenvalue weighted by molar-refractivity contribution is 7.89. The van der Waals surface area contributed by atoms with Gasteiger partial charge in [-0.2, -0.15) is 0 Å². The highest BCUT2D eigenvalue weighted by Gasteiger charge is 2.34. The quantitative estimate of drug-likeness (QED) is 0.721. The van der Waals surface area contributed by atoms with Crippen molar-refractivity contribution in [3.05, 3.63) is 23.2 Å². The van der Waals surface area contributed by atoms with Crippen molar-refractivity contribution in [2.45, 2.75) is 30.6 Å². The van der Waals surface area contributed by atoms with Crippen LogP contribution >= 0.6 is 11.6 Å². The van der Waals surface area contributed by atoms with Crippen molar-refractivity contribution in [2.75, 3.05) is 18.9 Å². The maximum atomic E-state index is 12.3. The molecule has 7 heteroatoms. The number of aliphatic hydroxyl groups excluding tert-OH is 1. The van der Waals surface area contributed by atoms with Crippen LogP contribution in [0.2, 0.25) is 5.02 Å². The fraction of sp³-hybridized carbons (Fsp3) is 0.538. The van der Waals surface area contributed by atoms with Gasteiger partial charge >= 0.3 is 0 Å². The number of hydrogen-bond acceptors (Lipinski definition) is 4. The minimum atomic E-state index is -3.72. The number of benzene rings is 1. The molecule has 0 aromatic heterocycles. The molecule has 0 heterocycles. The Morgan fingerprint density at radius 1 is 1.35 bits per heavy atom. The summed E-state index contributed by atoms with van der Waals surface area (Å²) in [5, 5.41) is 9.64. The standard InChI is InChI=1S/C13H19ClN2O3S/c14-11-4-3-10(15)7-12(11)20(18,19)16-8-13(9-17)5-1-2-6-13/h3-4,7,16-17H,1-2,5-6,8-9,15H2. The Labute approximate surface area is 124 Å². The van der Waals surface area contributed by atoms with Crippen molar-refractivity contribution < 1.29 is 13.5 Å². The van der Waals surface area contributed by atoms with Crippen LogP contribution in [-0.4, -0.2) is 26.7 Å². The van der Waals surface area contributed by atoms with E-state index in [4.69, 9.17) is 17.3 Å². The van der Waals surface area contributed by atoms with Gasteiger partial charge in [-0.15, -0.1) is 0 Å². The third-order valence-corrected chi connectivity index (χ3v) is 5.76. The van der Waals surface area contributed by atoms with Crippen LogP contribution in [-0.2, 0) is 10.0 Å². The van der Waals surface area contributed by atoms with E-state index in [2.05, 4.69) is 4.72 Å². The van der Waals surface area contributed by atoms with Crippen molar-refractivity contribution in [1.29, 1.82) is 0 Å². The Morgan fingerprint density at radius 3 is 2.60 bits per heavy atom. The molecule has 1 aliphatic rings. The predicted octanol–water partition coefficient (Wildman–Crippen LogP) is 1.75. The lowest BCUT2D eigenvalue weighted by atomic mass is 9.88. The smallest absolute Gasteiger partial charge is 0.242 e. The molecule has 1 aromatic carbocycles. The Balaban J connectivity index is 2.17. The summed E-state index contributed by atoms with van der Waals surface area (Å²) in [6.45, 7) is 0.205. The van der Waals surface area contributed by atoms with Crippen LogP contribution in [0.5, 0.6) is 0 Å². The maximum absolute atomic E-state index is 12.3. The average Bonchev–Trinajstić information content (AvgIpc) is 2.89. The van der Waals surface area contributed by atoms with E-state index in [1.165, 1.54) is 12.1 Å².